The van der Waals surface area contributed by atoms with Gasteiger partial charge in [0.2, 0.25) is 10.0 Å². The zero-order valence-corrected chi connectivity index (χ0v) is 26.8. The number of ether oxygens (including phenoxy) is 4. The standard InChI is InChI=1S/C32H46N4O8S/c1-21(2)18-36(45(39,40)24-10-11-26(33)27(16-24)34-17-23-9-6-13-41-23)19-29(37)28(15-22-7-4-3-5-8-22)35-32(38)44-30-20-43-31-25(30)12-14-42-31/h3-5,7-8,10-11,16,21,23,25,28-31,34,37H,6,9,12-15,17-20,33H2,1-2H3,(H,35,38)/t23?,25-,28-,29+,30-,31+/m0/s1. The lowest BCUT2D eigenvalue weighted by atomic mass is 10.0. The van der Waals surface area contributed by atoms with Crippen LogP contribution in [0.25, 0.3) is 0 Å². The Hall–Kier alpha value is -2.94. The van der Waals surface area contributed by atoms with Crippen LogP contribution >= 0.6 is 0 Å². The Morgan fingerprint density at radius 2 is 1.89 bits per heavy atom. The number of aliphatic hydroxyl groups is 1. The fourth-order valence-electron chi connectivity index (χ4n) is 6.06. The number of carbonyl (C=O) groups excluding carboxylic acids is 1. The van der Waals surface area contributed by atoms with Crippen molar-refractivity contribution in [3.05, 3.63) is 54.1 Å². The highest BCUT2D eigenvalue weighted by Gasteiger charge is 2.44. The number of aliphatic hydroxyl groups excluding tert-OH is 1. The van der Waals surface area contributed by atoms with Crippen LogP contribution in [0, 0.1) is 11.8 Å². The molecule has 0 saturated carbocycles. The van der Waals surface area contributed by atoms with E-state index in [1.54, 1.807) is 6.07 Å². The van der Waals surface area contributed by atoms with Crippen molar-refractivity contribution in [1.29, 1.82) is 0 Å². The fraction of sp³-hybridized carbons (Fsp3) is 0.594. The Balaban J connectivity index is 1.32. The number of sulfonamides is 1. The smallest absolute Gasteiger partial charge is 0.407 e. The van der Waals surface area contributed by atoms with Crippen molar-refractivity contribution in [2.75, 3.05) is 50.5 Å². The first kappa shape index (κ1) is 33.4. The van der Waals surface area contributed by atoms with Crippen LogP contribution in [0.3, 0.4) is 0 Å². The number of hydrogen-bond donors (Lipinski definition) is 4. The highest BCUT2D eigenvalue weighted by Crippen LogP contribution is 2.33. The molecule has 3 saturated heterocycles. The molecule has 13 heteroatoms. The summed E-state index contributed by atoms with van der Waals surface area (Å²) in [4.78, 5) is 13.2. The van der Waals surface area contributed by atoms with Crippen molar-refractivity contribution in [3.63, 3.8) is 0 Å². The lowest BCUT2D eigenvalue weighted by Gasteiger charge is -2.31. The van der Waals surface area contributed by atoms with Gasteiger partial charge in [-0.1, -0.05) is 44.2 Å². The molecule has 3 aliphatic rings. The lowest BCUT2D eigenvalue weighted by Crippen LogP contribution is -2.51. The number of nitrogens with two attached hydrogens (primary N) is 1. The molecule has 12 nitrogen and oxygen atoms in total. The van der Waals surface area contributed by atoms with Crippen molar-refractivity contribution < 1.29 is 37.3 Å². The van der Waals surface area contributed by atoms with Crippen molar-refractivity contribution >= 4 is 27.5 Å². The minimum Gasteiger partial charge on any atom is -0.443 e. The van der Waals surface area contributed by atoms with Crippen LogP contribution in [-0.4, -0.2) is 94.0 Å². The first-order valence-corrected chi connectivity index (χ1v) is 17.2. The number of nitrogens with zero attached hydrogens (tertiary/aromatic N) is 1. The summed E-state index contributed by atoms with van der Waals surface area (Å²) < 4.78 is 51.9. The molecule has 0 bridgehead atoms. The molecule has 1 unspecified atom stereocenters. The molecule has 3 fully saturated rings. The van der Waals surface area contributed by atoms with Gasteiger partial charge in [-0.05, 0) is 55.4 Å². The Labute approximate surface area is 265 Å². The SMILES string of the molecule is CC(C)CN(C[C@@H](O)[C@H](Cc1ccccc1)NC(=O)O[C@H]1CO[C@H]2OCC[C@H]21)S(=O)(=O)c1ccc(N)c(NCC2CCCO2)c1. The number of fused-ring (bicyclic) bond motifs is 1. The summed E-state index contributed by atoms with van der Waals surface area (Å²) >= 11 is 0. The highest BCUT2D eigenvalue weighted by molar-refractivity contribution is 7.89. The van der Waals surface area contributed by atoms with Crippen LogP contribution in [0.4, 0.5) is 16.2 Å². The van der Waals surface area contributed by atoms with Gasteiger partial charge in [-0.3, -0.25) is 0 Å². The van der Waals surface area contributed by atoms with Crippen LogP contribution in [0.2, 0.25) is 0 Å². The number of nitrogens with one attached hydrogen (secondary N) is 2. The number of benzene rings is 2. The minimum atomic E-state index is -4.06. The van der Waals surface area contributed by atoms with Gasteiger partial charge in [-0.25, -0.2) is 13.2 Å². The van der Waals surface area contributed by atoms with Gasteiger partial charge in [-0.15, -0.1) is 0 Å². The Bertz CT molecular complexity index is 1370. The van der Waals surface area contributed by atoms with Gasteiger partial charge in [-0.2, -0.15) is 4.31 Å². The van der Waals surface area contributed by atoms with E-state index in [9.17, 15) is 18.3 Å². The topological polar surface area (TPSA) is 162 Å². The molecule has 3 heterocycles. The minimum absolute atomic E-state index is 0.0349. The third-order valence-corrected chi connectivity index (χ3v) is 10.3. The maximum atomic E-state index is 14.1. The zero-order chi connectivity index (χ0) is 32.0. The van der Waals surface area contributed by atoms with Gasteiger partial charge in [0.15, 0.2) is 6.29 Å². The van der Waals surface area contributed by atoms with E-state index in [0.29, 0.717) is 31.1 Å². The number of alkyl carbamates (subject to hydrolysis) is 1. The molecule has 0 radical (unpaired) electrons. The third kappa shape index (κ3) is 8.66. The molecule has 248 valence electrons. The van der Waals surface area contributed by atoms with E-state index < -0.39 is 34.4 Å². The number of carbonyl (C=O) groups is 1. The van der Waals surface area contributed by atoms with Gasteiger partial charge >= 0.3 is 6.09 Å². The summed E-state index contributed by atoms with van der Waals surface area (Å²) in [5.41, 5.74) is 7.99. The van der Waals surface area contributed by atoms with Crippen LogP contribution in [0.1, 0.15) is 38.7 Å². The maximum Gasteiger partial charge on any atom is 0.407 e. The fourth-order valence-corrected chi connectivity index (χ4v) is 7.71. The van der Waals surface area contributed by atoms with Crippen molar-refractivity contribution in [1.82, 2.24) is 9.62 Å². The van der Waals surface area contributed by atoms with Crippen molar-refractivity contribution in [2.24, 2.45) is 11.8 Å². The van der Waals surface area contributed by atoms with Crippen LogP contribution in [-0.2, 0) is 35.4 Å². The first-order valence-electron chi connectivity index (χ1n) is 15.8. The molecule has 2 aromatic rings. The van der Waals surface area contributed by atoms with Gasteiger partial charge in [0.05, 0.1) is 53.7 Å². The second kappa shape index (κ2) is 15.1. The molecule has 5 rings (SSSR count). The molecule has 3 aliphatic heterocycles. The highest BCUT2D eigenvalue weighted by atomic mass is 32.2. The summed E-state index contributed by atoms with van der Waals surface area (Å²) in [5, 5.41) is 17.6. The van der Waals surface area contributed by atoms with Gasteiger partial charge in [0.25, 0.3) is 0 Å². The third-order valence-electron chi connectivity index (χ3n) is 8.48. The number of anilines is 2. The maximum absolute atomic E-state index is 14.1. The molecule has 6 atom stereocenters. The Morgan fingerprint density at radius 1 is 1.09 bits per heavy atom. The lowest BCUT2D eigenvalue weighted by molar-refractivity contribution is -0.0907. The van der Waals surface area contributed by atoms with Crippen molar-refractivity contribution in [2.45, 2.75) is 75.1 Å². The molecule has 0 aliphatic carbocycles. The van der Waals surface area contributed by atoms with Crippen LogP contribution in [0.15, 0.2) is 53.4 Å². The molecule has 1 amide bonds. The van der Waals surface area contributed by atoms with Crippen LogP contribution < -0.4 is 16.4 Å². The normalized spacial score (nSPS) is 24.5. The molecule has 5 N–H and O–H groups in total. The molecule has 45 heavy (non-hydrogen) atoms. The average molecular weight is 647 g/mol. The van der Waals surface area contributed by atoms with E-state index >= 15 is 0 Å². The molecule has 0 aromatic heterocycles. The van der Waals surface area contributed by atoms with Gasteiger partial charge in [0.1, 0.15) is 6.10 Å². The number of nitrogen functional groups attached to an aromatic ring is 1. The molecule has 2 aromatic carbocycles. The molecule has 0 spiro atoms. The summed E-state index contributed by atoms with van der Waals surface area (Å²) in [5.74, 6) is -0.0720. The largest absolute Gasteiger partial charge is 0.443 e. The van der Waals surface area contributed by atoms with Crippen LogP contribution in [0.5, 0.6) is 0 Å². The zero-order valence-electron chi connectivity index (χ0n) is 26.0. The van der Waals surface area contributed by atoms with E-state index in [1.165, 1.54) is 16.4 Å². The van der Waals surface area contributed by atoms with Gasteiger partial charge in [0, 0.05) is 26.2 Å². The quantitative estimate of drug-likeness (QED) is 0.225. The number of amides is 1. The second-order valence-electron chi connectivity index (χ2n) is 12.5. The van der Waals surface area contributed by atoms with Crippen molar-refractivity contribution in [3.8, 4) is 0 Å². The Morgan fingerprint density at radius 3 is 2.62 bits per heavy atom. The van der Waals surface area contributed by atoms with E-state index in [2.05, 4.69) is 10.6 Å². The predicted octanol–water partition coefficient (Wildman–Crippen LogP) is 2.97. The molecular formula is C32H46N4O8S. The number of hydrogen-bond acceptors (Lipinski definition) is 10. The average Bonchev–Trinajstić information content (AvgIpc) is 3.77. The van der Waals surface area contributed by atoms with E-state index in [4.69, 9.17) is 24.7 Å². The van der Waals surface area contributed by atoms with E-state index in [0.717, 1.165) is 24.8 Å². The van der Waals surface area contributed by atoms with Gasteiger partial charge < -0.3 is 40.4 Å². The monoisotopic (exact) mass is 646 g/mol. The Kier molecular flexibility index (Phi) is 11.2. The molecular weight excluding hydrogens is 600 g/mol. The summed E-state index contributed by atoms with van der Waals surface area (Å²) in [6.07, 6.45) is 0.189. The number of rotatable bonds is 14. The first-order chi connectivity index (χ1) is 21.6. The predicted molar refractivity (Wildman–Crippen MR) is 169 cm³/mol. The summed E-state index contributed by atoms with van der Waals surface area (Å²) in [7, 11) is -4.06. The summed E-state index contributed by atoms with van der Waals surface area (Å²) in [6, 6.07) is 13.1. The second-order valence-corrected chi connectivity index (χ2v) is 14.4. The van der Waals surface area contributed by atoms with E-state index in [-0.39, 0.29) is 55.2 Å². The van der Waals surface area contributed by atoms with E-state index in [1.807, 2.05) is 44.2 Å². The summed E-state index contributed by atoms with van der Waals surface area (Å²) in [6.45, 7) is 5.76.